The van der Waals surface area contributed by atoms with Gasteiger partial charge in [-0.25, -0.2) is 9.37 Å². The summed E-state index contributed by atoms with van der Waals surface area (Å²) in [5.74, 6) is 0.667. The second-order valence-electron chi connectivity index (χ2n) is 12.8. The number of methoxy groups -OCH3 is 1. The molecule has 1 amide bonds. The Bertz CT molecular complexity index is 2310. The number of benzene rings is 4. The van der Waals surface area contributed by atoms with Crippen molar-refractivity contribution in [3.63, 3.8) is 0 Å². The highest BCUT2D eigenvalue weighted by Crippen LogP contribution is 2.38. The van der Waals surface area contributed by atoms with Gasteiger partial charge in [-0.05, 0) is 98.9 Å². The van der Waals surface area contributed by atoms with Crippen molar-refractivity contribution in [1.29, 1.82) is 0 Å². The summed E-state index contributed by atoms with van der Waals surface area (Å²) >= 11 is 3.41. The third-order valence-corrected chi connectivity index (χ3v) is 9.74. The minimum absolute atomic E-state index is 0.0710. The number of ether oxygens (including phenoxy) is 3. The normalized spacial score (nSPS) is 13.7. The molecule has 0 aliphatic carbocycles. The van der Waals surface area contributed by atoms with E-state index in [9.17, 15) is 9.59 Å². The van der Waals surface area contributed by atoms with Crippen LogP contribution in [0.2, 0.25) is 0 Å². The van der Waals surface area contributed by atoms with Gasteiger partial charge in [0.1, 0.15) is 5.75 Å². The van der Waals surface area contributed by atoms with E-state index < -0.39 is 17.3 Å². The molecule has 2 aromatic heterocycles. The van der Waals surface area contributed by atoms with Gasteiger partial charge in [0.05, 0.1) is 30.3 Å². The molecule has 7 rings (SSSR count). The maximum Gasteiger partial charge on any atom is 0.287 e. The maximum absolute atomic E-state index is 15.5. The van der Waals surface area contributed by atoms with Gasteiger partial charge in [-0.15, -0.1) is 0 Å². The van der Waals surface area contributed by atoms with Crippen molar-refractivity contribution >= 4 is 49.5 Å². The summed E-state index contributed by atoms with van der Waals surface area (Å²) < 4.78 is 35.5. The Balaban J connectivity index is 1.07. The number of likely N-dealkylation sites (tertiary alicyclic amines) is 1. The first kappa shape index (κ1) is 35.1. The van der Waals surface area contributed by atoms with Crippen LogP contribution in [-0.2, 0) is 0 Å². The highest BCUT2D eigenvalue weighted by atomic mass is 79.9. The molecule has 3 heterocycles. The van der Waals surface area contributed by atoms with E-state index in [1.54, 1.807) is 80.0 Å². The fourth-order valence-corrected chi connectivity index (χ4v) is 6.61. The lowest BCUT2D eigenvalue weighted by atomic mass is 9.99. The van der Waals surface area contributed by atoms with Gasteiger partial charge < -0.3 is 24.4 Å². The number of carbonyl (C=O) groups is 1. The predicted octanol–water partition coefficient (Wildman–Crippen LogP) is 8.39. The number of hydrogen-bond donors (Lipinski definition) is 1. The average Bonchev–Trinajstić information content (AvgIpc) is 3.15. The van der Waals surface area contributed by atoms with Crippen LogP contribution in [0.1, 0.15) is 36.7 Å². The molecular weight excluding hydrogens is 729 g/mol. The number of rotatable bonds is 11. The minimum atomic E-state index is -0.777. The number of nitrogens with zero attached hydrogens (tertiary/aromatic N) is 4. The summed E-state index contributed by atoms with van der Waals surface area (Å²) in [6.07, 6.45) is 4.95. The smallest absolute Gasteiger partial charge is 0.287 e. The summed E-state index contributed by atoms with van der Waals surface area (Å²) in [5.41, 5.74) is 1.33. The van der Waals surface area contributed by atoms with E-state index in [0.717, 1.165) is 42.5 Å². The molecule has 0 bridgehead atoms. The van der Waals surface area contributed by atoms with Crippen molar-refractivity contribution in [3.05, 3.63) is 117 Å². The van der Waals surface area contributed by atoms with Gasteiger partial charge in [0.15, 0.2) is 28.8 Å². The van der Waals surface area contributed by atoms with Gasteiger partial charge in [0.2, 0.25) is 0 Å². The quantitative estimate of drug-likeness (QED) is 0.131. The van der Waals surface area contributed by atoms with Crippen molar-refractivity contribution in [2.45, 2.75) is 26.2 Å². The largest absolute Gasteiger partial charge is 0.493 e. The fraction of sp³-hybridized carbons (Fsp3) is 0.250. The molecule has 1 aliphatic heterocycles. The molecule has 266 valence electrons. The number of fused-ring (bicyclic) bond motifs is 2. The monoisotopic (exact) mass is 765 g/mol. The van der Waals surface area contributed by atoms with Crippen molar-refractivity contribution < 1.29 is 23.4 Å². The van der Waals surface area contributed by atoms with E-state index in [0.29, 0.717) is 51.5 Å². The number of nitrogens with one attached hydrogen (secondary N) is 1. The van der Waals surface area contributed by atoms with Gasteiger partial charge in [-0.3, -0.25) is 19.1 Å². The first-order valence-corrected chi connectivity index (χ1v) is 17.9. The number of piperidine rings is 1. The summed E-state index contributed by atoms with van der Waals surface area (Å²) in [7, 11) is 1.57. The Morgan fingerprint density at radius 2 is 1.73 bits per heavy atom. The topological polar surface area (TPSA) is 108 Å². The Labute approximate surface area is 308 Å². The molecule has 6 aromatic rings. The molecule has 10 nitrogen and oxygen atoms in total. The van der Waals surface area contributed by atoms with Crippen molar-refractivity contribution in [2.24, 2.45) is 5.92 Å². The summed E-state index contributed by atoms with van der Waals surface area (Å²) in [5, 5.41) is 3.22. The van der Waals surface area contributed by atoms with Gasteiger partial charge in [0.25, 0.3) is 11.5 Å². The van der Waals surface area contributed by atoms with Crippen molar-refractivity contribution in [3.8, 4) is 28.7 Å². The van der Waals surface area contributed by atoms with E-state index >= 15 is 4.39 Å². The number of pyridine rings is 1. The van der Waals surface area contributed by atoms with Crippen LogP contribution >= 0.6 is 15.9 Å². The first-order chi connectivity index (χ1) is 25.3. The zero-order valence-corrected chi connectivity index (χ0v) is 30.4. The van der Waals surface area contributed by atoms with Crippen LogP contribution in [0.4, 0.5) is 10.1 Å². The number of para-hydroxylation sites is 2. The number of halogens is 2. The molecule has 1 fully saturated rings. The molecule has 0 unspecified atom stereocenters. The number of amides is 1. The summed E-state index contributed by atoms with van der Waals surface area (Å²) in [6, 6.07) is 23.4. The number of anilines is 1. The van der Waals surface area contributed by atoms with E-state index in [1.165, 1.54) is 29.5 Å². The third kappa shape index (κ3) is 7.63. The fourth-order valence-electron chi connectivity index (χ4n) is 6.34. The standard InChI is InChI=1S/C40H37BrFN5O5/c1-25-15-19-46(20-16-25)18-5-21-51-37-24-32-29(23-36(37)50-2)34(14-17-43-32)52-35-13-10-27(22-30(35)42)44-39(48)38-40(49)47(28-11-8-26(41)9-12-28)33-7-4-3-6-31(33)45-38/h3-4,6-14,17,22-25H,5,15-16,18-21H2,1-2H3,(H,44,48). The Hall–Kier alpha value is -5.33. The molecule has 0 saturated carbocycles. The molecule has 0 radical (unpaired) electrons. The molecule has 12 heteroatoms. The van der Waals surface area contributed by atoms with Gasteiger partial charge >= 0.3 is 0 Å². The number of carbonyl (C=O) groups excluding carboxylic acids is 1. The lowest BCUT2D eigenvalue weighted by Crippen LogP contribution is -2.34. The Morgan fingerprint density at radius 3 is 2.50 bits per heavy atom. The second kappa shape index (κ2) is 15.5. The molecule has 1 aliphatic rings. The van der Waals surface area contributed by atoms with Crippen LogP contribution in [0, 0.1) is 11.7 Å². The van der Waals surface area contributed by atoms with Crippen molar-refractivity contribution in [1.82, 2.24) is 19.4 Å². The van der Waals surface area contributed by atoms with E-state index in [1.807, 2.05) is 0 Å². The molecule has 1 N–H and O–H groups in total. The predicted molar refractivity (Wildman–Crippen MR) is 203 cm³/mol. The molecular formula is C40H37BrFN5O5. The summed E-state index contributed by atoms with van der Waals surface area (Å²) in [4.78, 5) is 38.4. The van der Waals surface area contributed by atoms with Gasteiger partial charge in [0, 0.05) is 46.1 Å². The van der Waals surface area contributed by atoms with E-state index in [2.05, 4.69) is 43.0 Å². The third-order valence-electron chi connectivity index (χ3n) is 9.21. The molecule has 52 heavy (non-hydrogen) atoms. The van der Waals surface area contributed by atoms with Gasteiger partial charge in [-0.2, -0.15) is 0 Å². The highest BCUT2D eigenvalue weighted by Gasteiger charge is 2.21. The SMILES string of the molecule is COc1cc2c(Oc3ccc(NC(=O)c4nc5ccccc5n(-c5ccc(Br)cc5)c4=O)cc3F)ccnc2cc1OCCCN1CCC(C)CC1. The Morgan fingerprint density at radius 1 is 0.942 bits per heavy atom. The lowest BCUT2D eigenvalue weighted by molar-refractivity contribution is 0.102. The van der Waals surface area contributed by atoms with Crippen LogP contribution in [0.25, 0.3) is 27.6 Å². The average molecular weight is 767 g/mol. The molecule has 4 aromatic carbocycles. The van der Waals surface area contributed by atoms with E-state index in [-0.39, 0.29) is 17.1 Å². The van der Waals surface area contributed by atoms with E-state index in [4.69, 9.17) is 14.2 Å². The zero-order valence-electron chi connectivity index (χ0n) is 28.8. The van der Waals surface area contributed by atoms with Crippen molar-refractivity contribution in [2.75, 3.05) is 38.7 Å². The van der Waals surface area contributed by atoms with Crippen LogP contribution in [0.15, 0.2) is 100 Å². The van der Waals surface area contributed by atoms with Gasteiger partial charge in [-0.1, -0.05) is 35.0 Å². The van der Waals surface area contributed by atoms with Crippen LogP contribution in [-0.4, -0.2) is 58.7 Å². The zero-order chi connectivity index (χ0) is 36.2. The number of hydrogen-bond acceptors (Lipinski definition) is 8. The lowest BCUT2D eigenvalue weighted by Gasteiger charge is -2.30. The first-order valence-electron chi connectivity index (χ1n) is 17.2. The molecule has 0 spiro atoms. The second-order valence-corrected chi connectivity index (χ2v) is 13.7. The van der Waals surface area contributed by atoms with Crippen LogP contribution in [0.5, 0.6) is 23.0 Å². The molecule has 0 atom stereocenters. The highest BCUT2D eigenvalue weighted by molar-refractivity contribution is 9.10. The maximum atomic E-state index is 15.5. The number of aromatic nitrogens is 3. The Kier molecular flexibility index (Phi) is 10.5. The van der Waals surface area contributed by atoms with Crippen LogP contribution < -0.4 is 25.1 Å². The molecule has 1 saturated heterocycles. The minimum Gasteiger partial charge on any atom is -0.493 e. The van der Waals surface area contributed by atoms with Crippen LogP contribution in [0.3, 0.4) is 0 Å². The summed E-state index contributed by atoms with van der Waals surface area (Å²) in [6.45, 7) is 6.09.